The molecule has 0 bridgehead atoms. The highest BCUT2D eigenvalue weighted by Gasteiger charge is 2.40. The number of nitrogens with zero attached hydrogens (tertiary/aromatic N) is 2. The van der Waals surface area contributed by atoms with Crippen molar-refractivity contribution in [1.29, 1.82) is 0 Å². The third kappa shape index (κ3) is 9.09. The van der Waals surface area contributed by atoms with E-state index in [0.717, 1.165) is 16.1 Å². The monoisotopic (exact) mass is 564 g/mol. The molecule has 1 aliphatic heterocycles. The van der Waals surface area contributed by atoms with Crippen LogP contribution in [0.1, 0.15) is 17.7 Å². The molecule has 1 amide bonds. The summed E-state index contributed by atoms with van der Waals surface area (Å²) >= 11 is 7.74. The maximum atomic E-state index is 13.6. The van der Waals surface area contributed by atoms with Crippen molar-refractivity contribution in [3.8, 4) is 5.75 Å². The van der Waals surface area contributed by atoms with Crippen molar-refractivity contribution in [3.05, 3.63) is 65.2 Å². The lowest BCUT2D eigenvalue weighted by atomic mass is 10.1. The fourth-order valence-electron chi connectivity index (χ4n) is 3.41. The molecule has 2 N–H and O–H groups in total. The number of thioether (sulfide) groups is 1. The van der Waals surface area contributed by atoms with E-state index >= 15 is 0 Å². The number of carboxylic acid groups (broad SMARTS) is 2. The standard InChI is InChI=1S/C22H25ClN2O4S.C4H4O4/c1-14(26)29-20-21(15-5-8-17(28-4)9-6-15)30-19-13-16(23)7-10-18(19)25(22(20)27)12-11-24(2)3;5-3(6)1-2-4(7)8/h5-10,13,20-21H,11-12H2,1-4H3;1-2H,(H,5,6)(H,7,8). The van der Waals surface area contributed by atoms with Crippen LogP contribution in [-0.4, -0.2) is 79.3 Å². The highest BCUT2D eigenvalue weighted by molar-refractivity contribution is 7.99. The molecule has 0 saturated carbocycles. The van der Waals surface area contributed by atoms with Gasteiger partial charge in [0.1, 0.15) is 5.75 Å². The number of amides is 1. The minimum atomic E-state index is -1.26. The average molecular weight is 565 g/mol. The quantitative estimate of drug-likeness (QED) is 0.361. The molecule has 12 heteroatoms. The van der Waals surface area contributed by atoms with Crippen LogP contribution in [0.2, 0.25) is 5.02 Å². The van der Waals surface area contributed by atoms with Gasteiger partial charge in [-0.3, -0.25) is 9.59 Å². The van der Waals surface area contributed by atoms with Crippen LogP contribution in [0.25, 0.3) is 0 Å². The summed E-state index contributed by atoms with van der Waals surface area (Å²) in [5.74, 6) is -2.55. The van der Waals surface area contributed by atoms with Gasteiger partial charge in [-0.25, -0.2) is 9.59 Å². The molecule has 0 aromatic heterocycles. The number of halogens is 1. The second-order valence-corrected chi connectivity index (χ2v) is 9.88. The number of aliphatic carboxylic acids is 2. The Morgan fingerprint density at radius 1 is 1.08 bits per heavy atom. The second-order valence-electron chi connectivity index (χ2n) is 8.26. The highest BCUT2D eigenvalue weighted by atomic mass is 35.5. The largest absolute Gasteiger partial charge is 0.497 e. The van der Waals surface area contributed by atoms with Gasteiger partial charge >= 0.3 is 17.9 Å². The molecule has 2 aromatic carbocycles. The smallest absolute Gasteiger partial charge is 0.328 e. The van der Waals surface area contributed by atoms with Crippen LogP contribution in [0.4, 0.5) is 5.69 Å². The maximum Gasteiger partial charge on any atom is 0.328 e. The van der Waals surface area contributed by atoms with Crippen LogP contribution in [0.5, 0.6) is 5.75 Å². The molecule has 1 aliphatic rings. The van der Waals surface area contributed by atoms with Crippen LogP contribution in [-0.2, 0) is 23.9 Å². The van der Waals surface area contributed by atoms with E-state index in [4.69, 9.17) is 31.3 Å². The molecule has 3 rings (SSSR count). The molecule has 2 unspecified atom stereocenters. The van der Waals surface area contributed by atoms with Gasteiger partial charge in [-0.2, -0.15) is 0 Å². The molecule has 0 saturated heterocycles. The zero-order chi connectivity index (χ0) is 28.4. The Morgan fingerprint density at radius 2 is 1.68 bits per heavy atom. The summed E-state index contributed by atoms with van der Waals surface area (Å²) in [7, 11) is 5.49. The number of ether oxygens (including phenoxy) is 2. The molecular formula is C26H29ClN2O8S. The van der Waals surface area contributed by atoms with Crippen molar-refractivity contribution in [2.45, 2.75) is 23.2 Å². The Kier molecular flexibility index (Phi) is 11.6. The van der Waals surface area contributed by atoms with E-state index in [1.54, 1.807) is 18.1 Å². The van der Waals surface area contributed by atoms with E-state index in [1.807, 2.05) is 55.4 Å². The Hall–Kier alpha value is -3.54. The number of anilines is 1. The van der Waals surface area contributed by atoms with Crippen LogP contribution >= 0.6 is 23.4 Å². The summed E-state index contributed by atoms with van der Waals surface area (Å²) in [6.07, 6.45) is 0.152. The minimum Gasteiger partial charge on any atom is -0.497 e. The van der Waals surface area contributed by atoms with Crippen molar-refractivity contribution < 1.29 is 38.9 Å². The van der Waals surface area contributed by atoms with Gasteiger partial charge in [-0.15, -0.1) is 11.8 Å². The molecule has 1 heterocycles. The molecule has 0 aliphatic carbocycles. The zero-order valence-corrected chi connectivity index (χ0v) is 22.9. The molecule has 0 spiro atoms. The summed E-state index contributed by atoms with van der Waals surface area (Å²) in [5, 5.41) is 15.8. The lowest BCUT2D eigenvalue weighted by Crippen LogP contribution is -2.45. The molecule has 2 aromatic rings. The number of carboxylic acids is 2. The molecule has 0 radical (unpaired) electrons. The first-order valence-electron chi connectivity index (χ1n) is 11.3. The van der Waals surface area contributed by atoms with Gasteiger partial charge in [0, 0.05) is 42.1 Å². The van der Waals surface area contributed by atoms with Crippen molar-refractivity contribution in [2.24, 2.45) is 0 Å². The maximum absolute atomic E-state index is 13.6. The lowest BCUT2D eigenvalue weighted by molar-refractivity contribution is -0.152. The van der Waals surface area contributed by atoms with Crippen molar-refractivity contribution in [1.82, 2.24) is 4.90 Å². The van der Waals surface area contributed by atoms with E-state index in [9.17, 15) is 19.2 Å². The van der Waals surface area contributed by atoms with E-state index < -0.39 is 29.3 Å². The fraction of sp³-hybridized carbons (Fsp3) is 0.308. The third-order valence-electron chi connectivity index (χ3n) is 5.13. The molecular weight excluding hydrogens is 536 g/mol. The Balaban J connectivity index is 0.000000550. The predicted molar refractivity (Wildman–Crippen MR) is 144 cm³/mol. The third-order valence-corrected chi connectivity index (χ3v) is 6.72. The lowest BCUT2D eigenvalue weighted by Gasteiger charge is -2.28. The summed E-state index contributed by atoms with van der Waals surface area (Å²) in [5.41, 5.74) is 1.63. The van der Waals surface area contributed by atoms with Crippen molar-refractivity contribution >= 4 is 52.9 Å². The van der Waals surface area contributed by atoms with E-state index in [2.05, 4.69) is 0 Å². The van der Waals surface area contributed by atoms with Gasteiger partial charge in [0.05, 0.1) is 18.0 Å². The number of hydrogen-bond donors (Lipinski definition) is 2. The summed E-state index contributed by atoms with van der Waals surface area (Å²) < 4.78 is 10.8. The van der Waals surface area contributed by atoms with Crippen molar-refractivity contribution in [2.75, 3.05) is 39.2 Å². The average Bonchev–Trinajstić information content (AvgIpc) is 2.96. The van der Waals surface area contributed by atoms with Gasteiger partial charge < -0.3 is 29.5 Å². The minimum absolute atomic E-state index is 0.249. The Bertz CT molecular complexity index is 1170. The molecule has 2 atom stereocenters. The number of methoxy groups -OCH3 is 1. The number of carbonyl (C=O) groups excluding carboxylic acids is 2. The number of carbonyl (C=O) groups is 4. The first kappa shape index (κ1) is 30.7. The molecule has 204 valence electrons. The van der Waals surface area contributed by atoms with Gasteiger partial charge in [-0.05, 0) is 50.0 Å². The molecule has 0 fully saturated rings. The van der Waals surface area contributed by atoms with Gasteiger partial charge in [0.15, 0.2) is 6.10 Å². The van der Waals surface area contributed by atoms with Crippen LogP contribution in [0.15, 0.2) is 59.5 Å². The van der Waals surface area contributed by atoms with E-state index in [-0.39, 0.29) is 5.91 Å². The summed E-state index contributed by atoms with van der Waals surface area (Å²) in [4.78, 5) is 49.2. The number of rotatable bonds is 8. The summed E-state index contributed by atoms with van der Waals surface area (Å²) in [6, 6.07) is 12.9. The number of benzene rings is 2. The van der Waals surface area contributed by atoms with E-state index in [1.165, 1.54) is 18.7 Å². The summed E-state index contributed by atoms with van der Waals surface area (Å²) in [6.45, 7) is 2.45. The first-order valence-corrected chi connectivity index (χ1v) is 12.6. The molecule has 38 heavy (non-hydrogen) atoms. The number of esters is 1. The first-order chi connectivity index (χ1) is 17.9. The number of likely N-dealkylation sites (N-methyl/N-ethyl adjacent to an activating group) is 1. The normalized spacial score (nSPS) is 16.8. The van der Waals surface area contributed by atoms with Gasteiger partial charge in [-0.1, -0.05) is 23.7 Å². The van der Waals surface area contributed by atoms with E-state index in [0.29, 0.717) is 36.0 Å². The zero-order valence-electron chi connectivity index (χ0n) is 21.3. The topological polar surface area (TPSA) is 134 Å². The Labute approximate surface area is 229 Å². The van der Waals surface area contributed by atoms with Crippen LogP contribution in [0, 0.1) is 0 Å². The van der Waals surface area contributed by atoms with Crippen LogP contribution in [0.3, 0.4) is 0 Å². The Morgan fingerprint density at radius 3 is 2.18 bits per heavy atom. The fourth-order valence-corrected chi connectivity index (χ4v) is 5.00. The van der Waals surface area contributed by atoms with Crippen molar-refractivity contribution in [3.63, 3.8) is 0 Å². The highest BCUT2D eigenvalue weighted by Crippen LogP contribution is 2.47. The SMILES string of the molecule is COc1ccc(C2Sc3cc(Cl)ccc3N(CCN(C)C)C(=O)C2OC(C)=O)cc1.O=C(O)C=CC(=O)O. The van der Waals surface area contributed by atoms with Gasteiger partial charge in [0.2, 0.25) is 0 Å². The predicted octanol–water partition coefficient (Wildman–Crippen LogP) is 3.73. The second kappa shape index (κ2) is 14.4. The number of fused-ring (bicyclic) bond motifs is 1. The van der Waals surface area contributed by atoms with Gasteiger partial charge in [0.25, 0.3) is 5.91 Å². The molecule has 10 nitrogen and oxygen atoms in total. The number of hydrogen-bond acceptors (Lipinski definition) is 8. The van der Waals surface area contributed by atoms with Crippen LogP contribution < -0.4 is 9.64 Å².